The fraction of sp³-hybridized carbons (Fsp3) is 1.00. The molecule has 0 aromatic carbocycles. The van der Waals surface area contributed by atoms with Crippen LogP contribution in [0, 0.1) is 0 Å². The van der Waals surface area contributed by atoms with Gasteiger partial charge in [-0.1, -0.05) is 0 Å². The lowest BCUT2D eigenvalue weighted by Crippen LogP contribution is -2.38. The van der Waals surface area contributed by atoms with E-state index in [-0.39, 0.29) is 0 Å². The Labute approximate surface area is 82.5 Å². The molecule has 0 aliphatic heterocycles. The van der Waals surface area contributed by atoms with Crippen molar-refractivity contribution in [2.45, 2.75) is 18.8 Å². The zero-order valence-corrected chi connectivity index (χ0v) is 7.70. The number of hydrogen-bond acceptors (Lipinski definition) is 2. The largest absolute Gasteiger partial charge is 0.401 e. The van der Waals surface area contributed by atoms with Gasteiger partial charge in [0.1, 0.15) is 0 Å². The van der Waals surface area contributed by atoms with Crippen molar-refractivity contribution in [2.24, 2.45) is 0 Å². The topological polar surface area (TPSA) is 23.5 Å². The predicted octanol–water partition coefficient (Wildman–Crippen LogP) is 1.80. The molecule has 0 aliphatic carbocycles. The van der Waals surface area contributed by atoms with E-state index in [1.807, 2.05) is 0 Å². The normalized spacial score (nSPS) is 13.6. The van der Waals surface area contributed by atoms with Crippen LogP contribution in [0.4, 0.5) is 26.3 Å². The Morgan fingerprint density at radius 3 is 1.73 bits per heavy atom. The molecular formula is C7H11F6NO. The van der Waals surface area contributed by atoms with Crippen molar-refractivity contribution in [2.75, 3.05) is 26.2 Å². The van der Waals surface area contributed by atoms with E-state index in [9.17, 15) is 26.3 Å². The Balaban J connectivity index is 4.05. The van der Waals surface area contributed by atoms with Crippen molar-refractivity contribution in [1.29, 1.82) is 0 Å². The Bertz CT molecular complexity index is 177. The van der Waals surface area contributed by atoms with Gasteiger partial charge in [0.2, 0.25) is 0 Å². The van der Waals surface area contributed by atoms with Crippen molar-refractivity contribution >= 4 is 0 Å². The highest BCUT2D eigenvalue weighted by molar-refractivity contribution is 4.65. The molecule has 0 saturated heterocycles. The third-order valence-electron chi connectivity index (χ3n) is 1.53. The maximum Gasteiger partial charge on any atom is 0.401 e. The fourth-order valence-electron chi connectivity index (χ4n) is 0.950. The first-order valence-corrected chi connectivity index (χ1v) is 4.11. The van der Waals surface area contributed by atoms with Crippen molar-refractivity contribution in [3.63, 3.8) is 0 Å². The number of hydrogen-bond donors (Lipinski definition) is 1. The quantitative estimate of drug-likeness (QED) is 0.739. The molecule has 0 amide bonds. The summed E-state index contributed by atoms with van der Waals surface area (Å²) in [6.45, 7) is -3.23. The molecule has 0 heterocycles. The van der Waals surface area contributed by atoms with Crippen LogP contribution in [0.15, 0.2) is 0 Å². The monoisotopic (exact) mass is 239 g/mol. The molecule has 0 radical (unpaired) electrons. The van der Waals surface area contributed by atoms with E-state index in [1.54, 1.807) is 0 Å². The second-order valence-corrected chi connectivity index (χ2v) is 2.98. The number of aliphatic hydroxyl groups is 1. The van der Waals surface area contributed by atoms with Crippen molar-refractivity contribution in [3.05, 3.63) is 0 Å². The van der Waals surface area contributed by atoms with Crippen LogP contribution in [-0.2, 0) is 0 Å². The maximum atomic E-state index is 11.8. The molecule has 15 heavy (non-hydrogen) atoms. The Morgan fingerprint density at radius 1 is 0.867 bits per heavy atom. The molecule has 0 aliphatic rings. The molecule has 0 aromatic heterocycles. The molecule has 0 fully saturated rings. The lowest BCUT2D eigenvalue weighted by Gasteiger charge is -2.23. The summed E-state index contributed by atoms with van der Waals surface area (Å²) in [6.07, 6.45) is -10.4. The highest BCUT2D eigenvalue weighted by Crippen LogP contribution is 2.21. The van der Waals surface area contributed by atoms with Crippen molar-refractivity contribution in [3.8, 4) is 0 Å². The number of aliphatic hydroxyl groups excluding tert-OH is 1. The molecule has 0 saturated carbocycles. The van der Waals surface area contributed by atoms with Gasteiger partial charge in [0.05, 0.1) is 19.6 Å². The molecule has 0 bridgehead atoms. The molecular weight excluding hydrogens is 228 g/mol. The zero-order chi connectivity index (χ0) is 12.1. The van der Waals surface area contributed by atoms with Gasteiger partial charge in [0.25, 0.3) is 0 Å². The molecule has 0 atom stereocenters. The third kappa shape index (κ3) is 9.80. The van der Waals surface area contributed by atoms with Crippen LogP contribution in [0.5, 0.6) is 0 Å². The smallest absolute Gasteiger partial charge is 0.395 e. The van der Waals surface area contributed by atoms with Crippen LogP contribution in [0.2, 0.25) is 0 Å². The first kappa shape index (κ1) is 14.5. The average Bonchev–Trinajstić information content (AvgIpc) is 1.96. The first-order valence-electron chi connectivity index (χ1n) is 4.11. The van der Waals surface area contributed by atoms with Gasteiger partial charge < -0.3 is 5.11 Å². The van der Waals surface area contributed by atoms with Gasteiger partial charge in [-0.15, -0.1) is 0 Å². The van der Waals surface area contributed by atoms with E-state index in [1.165, 1.54) is 0 Å². The maximum absolute atomic E-state index is 11.8. The summed E-state index contributed by atoms with van der Waals surface area (Å²) in [7, 11) is 0. The summed E-state index contributed by atoms with van der Waals surface area (Å²) in [5, 5.41) is 8.37. The number of halogens is 6. The summed E-state index contributed by atoms with van der Waals surface area (Å²) in [5.41, 5.74) is 0. The van der Waals surface area contributed by atoms with Gasteiger partial charge in [0, 0.05) is 13.1 Å². The Morgan fingerprint density at radius 2 is 1.40 bits per heavy atom. The molecule has 0 rings (SSSR count). The number of alkyl halides is 6. The highest BCUT2D eigenvalue weighted by atomic mass is 19.4. The SMILES string of the molecule is OCCN(CCC(F)(F)F)CC(F)(F)F. The Kier molecular flexibility index (Phi) is 5.36. The summed E-state index contributed by atoms with van der Waals surface area (Å²) < 4.78 is 70.7. The number of nitrogens with zero attached hydrogens (tertiary/aromatic N) is 1. The standard InChI is InChI=1S/C7H11F6NO/c8-6(9,10)1-2-14(3-4-15)5-7(11,12)13/h15H,1-5H2. The second-order valence-electron chi connectivity index (χ2n) is 2.98. The van der Waals surface area contributed by atoms with Gasteiger partial charge in [0.15, 0.2) is 0 Å². The van der Waals surface area contributed by atoms with E-state index in [0.29, 0.717) is 4.90 Å². The van der Waals surface area contributed by atoms with E-state index in [0.717, 1.165) is 0 Å². The van der Waals surface area contributed by atoms with Gasteiger partial charge in [-0.05, 0) is 0 Å². The van der Waals surface area contributed by atoms with Crippen molar-refractivity contribution in [1.82, 2.24) is 4.90 Å². The van der Waals surface area contributed by atoms with Gasteiger partial charge in [-0.2, -0.15) is 26.3 Å². The van der Waals surface area contributed by atoms with E-state index in [2.05, 4.69) is 0 Å². The lowest BCUT2D eigenvalue weighted by atomic mass is 10.3. The highest BCUT2D eigenvalue weighted by Gasteiger charge is 2.33. The lowest BCUT2D eigenvalue weighted by molar-refractivity contribution is -0.161. The predicted molar refractivity (Wildman–Crippen MR) is 40.3 cm³/mol. The minimum Gasteiger partial charge on any atom is -0.395 e. The molecule has 0 spiro atoms. The number of rotatable bonds is 5. The molecule has 0 aromatic rings. The van der Waals surface area contributed by atoms with Crippen LogP contribution in [-0.4, -0.2) is 48.6 Å². The van der Waals surface area contributed by atoms with Gasteiger partial charge in [-0.25, -0.2) is 0 Å². The summed E-state index contributed by atoms with van der Waals surface area (Å²) in [5.74, 6) is 0. The summed E-state index contributed by atoms with van der Waals surface area (Å²) in [4.78, 5) is 0.521. The zero-order valence-electron chi connectivity index (χ0n) is 7.70. The first-order chi connectivity index (χ1) is 6.64. The van der Waals surface area contributed by atoms with Crippen LogP contribution in [0.3, 0.4) is 0 Å². The van der Waals surface area contributed by atoms with E-state index in [4.69, 9.17) is 5.11 Å². The molecule has 92 valence electrons. The van der Waals surface area contributed by atoms with Crippen molar-refractivity contribution < 1.29 is 31.4 Å². The molecule has 0 unspecified atom stereocenters. The van der Waals surface area contributed by atoms with Gasteiger partial charge >= 0.3 is 12.4 Å². The second kappa shape index (κ2) is 5.55. The van der Waals surface area contributed by atoms with Gasteiger partial charge in [-0.3, -0.25) is 4.90 Å². The minimum atomic E-state index is -4.55. The van der Waals surface area contributed by atoms with E-state index < -0.39 is 45.0 Å². The van der Waals surface area contributed by atoms with Crippen LogP contribution >= 0.6 is 0 Å². The summed E-state index contributed by atoms with van der Waals surface area (Å²) >= 11 is 0. The summed E-state index contributed by atoms with van der Waals surface area (Å²) in [6, 6.07) is 0. The van der Waals surface area contributed by atoms with Crippen LogP contribution < -0.4 is 0 Å². The third-order valence-corrected chi connectivity index (χ3v) is 1.53. The van der Waals surface area contributed by atoms with Crippen LogP contribution in [0.25, 0.3) is 0 Å². The molecule has 8 heteroatoms. The Hall–Kier alpha value is -0.500. The van der Waals surface area contributed by atoms with Crippen LogP contribution in [0.1, 0.15) is 6.42 Å². The molecule has 2 nitrogen and oxygen atoms in total. The minimum absolute atomic E-state index is 0.421. The fourth-order valence-corrected chi connectivity index (χ4v) is 0.950. The average molecular weight is 239 g/mol. The van der Waals surface area contributed by atoms with E-state index >= 15 is 0 Å². The molecule has 1 N–H and O–H groups in total.